The highest BCUT2D eigenvalue weighted by Gasteiger charge is 2.09. The van der Waals surface area contributed by atoms with Crippen LogP contribution in [0, 0.1) is 12.7 Å². The predicted octanol–water partition coefficient (Wildman–Crippen LogP) is 4.64. The zero-order valence-corrected chi connectivity index (χ0v) is 14.1. The van der Waals surface area contributed by atoms with Gasteiger partial charge in [-0.05, 0) is 55.5 Å². The Bertz CT molecular complexity index is 895. The molecule has 0 aliphatic rings. The van der Waals surface area contributed by atoms with Gasteiger partial charge in [-0.3, -0.25) is 9.59 Å². The zero-order chi connectivity index (χ0) is 18.5. The lowest BCUT2D eigenvalue weighted by Gasteiger charge is -2.09. The Morgan fingerprint density at radius 3 is 1.85 bits per heavy atom. The van der Waals surface area contributed by atoms with E-state index in [1.165, 1.54) is 24.3 Å². The molecule has 5 heteroatoms. The van der Waals surface area contributed by atoms with Gasteiger partial charge in [0.1, 0.15) is 5.82 Å². The summed E-state index contributed by atoms with van der Waals surface area (Å²) in [5, 5.41) is 5.49. The summed E-state index contributed by atoms with van der Waals surface area (Å²) in [6.07, 6.45) is 0. The molecule has 0 spiro atoms. The molecule has 0 unspecified atom stereocenters. The van der Waals surface area contributed by atoms with Crippen molar-refractivity contribution in [2.24, 2.45) is 0 Å². The molecular formula is C21H17FN2O2. The van der Waals surface area contributed by atoms with Gasteiger partial charge in [-0.2, -0.15) is 0 Å². The fourth-order valence-corrected chi connectivity index (χ4v) is 2.50. The van der Waals surface area contributed by atoms with Crippen molar-refractivity contribution < 1.29 is 14.0 Å². The number of halogens is 1. The van der Waals surface area contributed by atoms with Crippen molar-refractivity contribution in [2.75, 3.05) is 10.6 Å². The van der Waals surface area contributed by atoms with Crippen molar-refractivity contribution in [1.82, 2.24) is 0 Å². The van der Waals surface area contributed by atoms with Gasteiger partial charge in [-0.25, -0.2) is 4.39 Å². The first kappa shape index (κ1) is 17.4. The zero-order valence-electron chi connectivity index (χ0n) is 14.1. The molecule has 0 saturated heterocycles. The van der Waals surface area contributed by atoms with E-state index in [1.807, 2.05) is 19.1 Å². The largest absolute Gasteiger partial charge is 0.322 e. The van der Waals surface area contributed by atoms with E-state index in [9.17, 15) is 14.0 Å². The van der Waals surface area contributed by atoms with Crippen LogP contribution in [0.25, 0.3) is 0 Å². The molecule has 3 rings (SSSR count). The molecular weight excluding hydrogens is 331 g/mol. The van der Waals surface area contributed by atoms with Gasteiger partial charge >= 0.3 is 0 Å². The maximum Gasteiger partial charge on any atom is 0.255 e. The maximum atomic E-state index is 13.2. The molecule has 0 atom stereocenters. The van der Waals surface area contributed by atoms with Gasteiger partial charge in [0.25, 0.3) is 11.8 Å². The SMILES string of the molecule is Cc1cccc(C(=O)Nc2cccc(NC(=O)c3cccc(F)c3)c2)c1. The lowest BCUT2D eigenvalue weighted by atomic mass is 10.1. The van der Waals surface area contributed by atoms with Crippen LogP contribution >= 0.6 is 0 Å². The number of carbonyl (C=O) groups excluding carboxylic acids is 2. The smallest absolute Gasteiger partial charge is 0.255 e. The Kier molecular flexibility index (Phi) is 5.08. The van der Waals surface area contributed by atoms with Gasteiger partial charge in [-0.15, -0.1) is 0 Å². The first-order valence-corrected chi connectivity index (χ1v) is 8.06. The number of hydrogen-bond acceptors (Lipinski definition) is 2. The number of benzene rings is 3. The minimum Gasteiger partial charge on any atom is -0.322 e. The molecule has 2 amide bonds. The van der Waals surface area contributed by atoms with Crippen molar-refractivity contribution >= 4 is 23.2 Å². The monoisotopic (exact) mass is 348 g/mol. The molecule has 0 bridgehead atoms. The van der Waals surface area contributed by atoms with Crippen molar-refractivity contribution in [3.05, 3.63) is 95.3 Å². The number of rotatable bonds is 4. The third-order valence-electron chi connectivity index (χ3n) is 3.75. The Balaban J connectivity index is 1.72. The fraction of sp³-hybridized carbons (Fsp3) is 0.0476. The summed E-state index contributed by atoms with van der Waals surface area (Å²) in [6.45, 7) is 1.92. The molecule has 0 radical (unpaired) electrons. The molecule has 0 aromatic heterocycles. The third kappa shape index (κ3) is 4.33. The standard InChI is InChI=1S/C21H17FN2O2/c1-14-5-2-6-15(11-14)20(25)23-18-9-4-10-19(13-18)24-21(26)16-7-3-8-17(22)12-16/h2-13H,1H3,(H,23,25)(H,24,26). The number of hydrogen-bond donors (Lipinski definition) is 2. The maximum absolute atomic E-state index is 13.2. The average molecular weight is 348 g/mol. The first-order valence-electron chi connectivity index (χ1n) is 8.06. The van der Waals surface area contributed by atoms with E-state index in [0.717, 1.165) is 5.56 Å². The normalized spacial score (nSPS) is 10.2. The minimum atomic E-state index is -0.475. The van der Waals surface area contributed by atoms with E-state index >= 15 is 0 Å². The molecule has 0 aliphatic carbocycles. The van der Waals surface area contributed by atoms with E-state index < -0.39 is 11.7 Å². The highest BCUT2D eigenvalue weighted by atomic mass is 19.1. The molecule has 0 saturated carbocycles. The van der Waals surface area contributed by atoms with Crippen LogP contribution in [0.4, 0.5) is 15.8 Å². The van der Waals surface area contributed by atoms with Gasteiger partial charge < -0.3 is 10.6 Å². The lowest BCUT2D eigenvalue weighted by Crippen LogP contribution is -2.14. The van der Waals surface area contributed by atoms with E-state index in [0.29, 0.717) is 16.9 Å². The highest BCUT2D eigenvalue weighted by Crippen LogP contribution is 2.17. The number of nitrogens with one attached hydrogen (secondary N) is 2. The quantitative estimate of drug-likeness (QED) is 0.722. The Labute approximate surface area is 150 Å². The molecule has 0 fully saturated rings. The van der Waals surface area contributed by atoms with E-state index in [2.05, 4.69) is 10.6 Å². The Morgan fingerprint density at radius 2 is 1.27 bits per heavy atom. The molecule has 2 N–H and O–H groups in total. The van der Waals surface area contributed by atoms with E-state index in [-0.39, 0.29) is 11.5 Å². The Hall–Kier alpha value is -3.47. The average Bonchev–Trinajstić information content (AvgIpc) is 2.62. The summed E-state index contributed by atoms with van der Waals surface area (Å²) >= 11 is 0. The predicted molar refractivity (Wildman–Crippen MR) is 99.9 cm³/mol. The topological polar surface area (TPSA) is 58.2 Å². The number of amides is 2. The van der Waals surface area contributed by atoms with Crippen LogP contribution in [0.3, 0.4) is 0 Å². The minimum absolute atomic E-state index is 0.221. The van der Waals surface area contributed by atoms with Crippen LogP contribution in [0.5, 0.6) is 0 Å². The summed E-state index contributed by atoms with van der Waals surface area (Å²) in [5.74, 6) is -1.13. The van der Waals surface area contributed by atoms with E-state index in [1.54, 1.807) is 36.4 Å². The highest BCUT2D eigenvalue weighted by molar-refractivity contribution is 6.06. The molecule has 3 aromatic rings. The number of anilines is 2. The van der Waals surface area contributed by atoms with Crippen LogP contribution in [0.1, 0.15) is 26.3 Å². The van der Waals surface area contributed by atoms with Gasteiger partial charge in [0, 0.05) is 22.5 Å². The van der Waals surface area contributed by atoms with Gasteiger partial charge in [0.15, 0.2) is 0 Å². The van der Waals surface area contributed by atoms with Gasteiger partial charge in [0.2, 0.25) is 0 Å². The van der Waals surface area contributed by atoms with Gasteiger partial charge in [-0.1, -0.05) is 29.8 Å². The number of carbonyl (C=O) groups is 2. The molecule has 4 nitrogen and oxygen atoms in total. The molecule has 3 aromatic carbocycles. The third-order valence-corrected chi connectivity index (χ3v) is 3.75. The van der Waals surface area contributed by atoms with Crippen molar-refractivity contribution in [2.45, 2.75) is 6.92 Å². The van der Waals surface area contributed by atoms with E-state index in [4.69, 9.17) is 0 Å². The molecule has 0 heterocycles. The van der Waals surface area contributed by atoms with Crippen LogP contribution in [0.2, 0.25) is 0 Å². The van der Waals surface area contributed by atoms with Crippen LogP contribution < -0.4 is 10.6 Å². The molecule has 0 aliphatic heterocycles. The first-order chi connectivity index (χ1) is 12.5. The van der Waals surface area contributed by atoms with Crippen molar-refractivity contribution in [3.63, 3.8) is 0 Å². The van der Waals surface area contributed by atoms with Crippen LogP contribution in [0.15, 0.2) is 72.8 Å². The lowest BCUT2D eigenvalue weighted by molar-refractivity contribution is 0.101. The van der Waals surface area contributed by atoms with Crippen molar-refractivity contribution in [3.8, 4) is 0 Å². The second-order valence-electron chi connectivity index (χ2n) is 5.87. The van der Waals surface area contributed by atoms with Gasteiger partial charge in [0.05, 0.1) is 0 Å². The summed E-state index contributed by atoms with van der Waals surface area (Å²) < 4.78 is 13.2. The summed E-state index contributed by atoms with van der Waals surface area (Å²) in [7, 11) is 0. The summed E-state index contributed by atoms with van der Waals surface area (Å²) in [4.78, 5) is 24.5. The van der Waals surface area contributed by atoms with Crippen LogP contribution in [-0.4, -0.2) is 11.8 Å². The Morgan fingerprint density at radius 1 is 0.731 bits per heavy atom. The number of aryl methyl sites for hydroxylation is 1. The summed E-state index contributed by atoms with van der Waals surface area (Å²) in [6, 6.07) is 19.5. The molecule has 130 valence electrons. The fourth-order valence-electron chi connectivity index (χ4n) is 2.50. The molecule has 26 heavy (non-hydrogen) atoms. The van der Waals surface area contributed by atoms with Crippen LogP contribution in [-0.2, 0) is 0 Å². The van der Waals surface area contributed by atoms with Crippen molar-refractivity contribution in [1.29, 1.82) is 0 Å². The second kappa shape index (κ2) is 7.61. The summed E-state index contributed by atoms with van der Waals surface area (Å²) in [5.41, 5.74) is 2.82. The second-order valence-corrected chi connectivity index (χ2v) is 5.87.